The molecule has 0 radical (unpaired) electrons. The molecule has 0 aliphatic heterocycles. The van der Waals surface area contributed by atoms with E-state index in [0.717, 1.165) is 12.1 Å². The second kappa shape index (κ2) is 5.56. The van der Waals surface area contributed by atoms with Gasteiger partial charge in [0.15, 0.2) is 11.6 Å². The molecular weight excluding hydrogens is 266 g/mol. The number of nitrogens with two attached hydrogens (primary N) is 1. The summed E-state index contributed by atoms with van der Waals surface area (Å²) in [5.74, 6) is -1.60. The summed E-state index contributed by atoms with van der Waals surface area (Å²) in [7, 11) is 1.30. The number of halogens is 2. The Morgan fingerprint density at radius 2 is 1.95 bits per heavy atom. The van der Waals surface area contributed by atoms with E-state index in [9.17, 15) is 13.6 Å². The highest BCUT2D eigenvalue weighted by Crippen LogP contribution is 2.22. The first-order valence-corrected chi connectivity index (χ1v) is 5.71. The zero-order valence-corrected chi connectivity index (χ0v) is 10.6. The van der Waals surface area contributed by atoms with Crippen LogP contribution in [0.5, 0.6) is 5.75 Å². The number of nitrogens with one attached hydrogen (secondary N) is 1. The van der Waals surface area contributed by atoms with Crippen LogP contribution in [0.25, 0.3) is 0 Å². The third-order valence-corrected chi connectivity index (χ3v) is 2.68. The Hall–Kier alpha value is -2.63. The van der Waals surface area contributed by atoms with Crippen LogP contribution in [0, 0.1) is 11.6 Å². The van der Waals surface area contributed by atoms with Crippen LogP contribution in [-0.2, 0) is 0 Å². The van der Waals surface area contributed by atoms with Crippen molar-refractivity contribution in [1.82, 2.24) is 0 Å². The first-order chi connectivity index (χ1) is 9.51. The number of carbonyl (C=O) groups excluding carboxylic acids is 1. The maximum atomic E-state index is 13.3. The lowest BCUT2D eigenvalue weighted by Crippen LogP contribution is -2.13. The van der Waals surface area contributed by atoms with Gasteiger partial charge in [-0.3, -0.25) is 4.79 Å². The van der Waals surface area contributed by atoms with Crippen molar-refractivity contribution in [3.8, 4) is 5.75 Å². The van der Waals surface area contributed by atoms with Gasteiger partial charge in [-0.05, 0) is 36.4 Å². The van der Waals surface area contributed by atoms with E-state index in [4.69, 9.17) is 10.5 Å². The Balaban J connectivity index is 2.24. The van der Waals surface area contributed by atoms with Gasteiger partial charge in [0.1, 0.15) is 5.82 Å². The standard InChI is InChI=1S/C14H12F2N2O2/c1-20-13-6-8(2-4-10(13)16)14(19)18-12-5-3-9(15)7-11(12)17/h2-7H,17H2,1H3,(H,18,19). The average Bonchev–Trinajstić information content (AvgIpc) is 2.42. The van der Waals surface area contributed by atoms with E-state index in [1.165, 1.54) is 31.4 Å². The summed E-state index contributed by atoms with van der Waals surface area (Å²) in [6, 6.07) is 7.33. The molecule has 0 unspecified atom stereocenters. The van der Waals surface area contributed by atoms with Crippen LogP contribution in [0.2, 0.25) is 0 Å². The van der Waals surface area contributed by atoms with Gasteiger partial charge >= 0.3 is 0 Å². The third-order valence-electron chi connectivity index (χ3n) is 2.68. The molecule has 1 amide bonds. The Kier molecular flexibility index (Phi) is 3.84. The van der Waals surface area contributed by atoms with E-state index < -0.39 is 17.5 Å². The number of nitrogen functional groups attached to an aromatic ring is 1. The van der Waals surface area contributed by atoms with Gasteiger partial charge in [0.2, 0.25) is 0 Å². The zero-order chi connectivity index (χ0) is 14.7. The largest absolute Gasteiger partial charge is 0.494 e. The lowest BCUT2D eigenvalue weighted by Gasteiger charge is -2.09. The lowest BCUT2D eigenvalue weighted by molar-refractivity contribution is 0.102. The lowest BCUT2D eigenvalue weighted by atomic mass is 10.2. The Bertz CT molecular complexity index is 660. The van der Waals surface area contributed by atoms with Crippen LogP contribution >= 0.6 is 0 Å². The fourth-order valence-electron chi connectivity index (χ4n) is 1.64. The quantitative estimate of drug-likeness (QED) is 0.848. The van der Waals surface area contributed by atoms with E-state index in [0.29, 0.717) is 0 Å². The van der Waals surface area contributed by atoms with Crippen LogP contribution in [-0.4, -0.2) is 13.0 Å². The molecule has 0 bridgehead atoms. The van der Waals surface area contributed by atoms with Gasteiger partial charge in [-0.25, -0.2) is 8.78 Å². The molecule has 0 fully saturated rings. The fourth-order valence-corrected chi connectivity index (χ4v) is 1.64. The highest BCUT2D eigenvalue weighted by atomic mass is 19.1. The van der Waals surface area contributed by atoms with E-state index in [1.807, 2.05) is 0 Å². The number of rotatable bonds is 3. The normalized spacial score (nSPS) is 10.2. The molecule has 2 aromatic rings. The monoisotopic (exact) mass is 278 g/mol. The molecule has 0 saturated heterocycles. The molecule has 0 atom stereocenters. The van der Waals surface area contributed by atoms with Gasteiger partial charge in [-0.2, -0.15) is 0 Å². The highest BCUT2D eigenvalue weighted by molar-refractivity contribution is 6.05. The van der Waals surface area contributed by atoms with Crippen LogP contribution in [0.3, 0.4) is 0 Å². The summed E-state index contributed by atoms with van der Waals surface area (Å²) in [5.41, 5.74) is 6.17. The molecule has 0 aromatic heterocycles. The number of anilines is 2. The van der Waals surface area contributed by atoms with Crippen molar-refractivity contribution >= 4 is 17.3 Å². The Labute approximate surface area is 114 Å². The summed E-state index contributed by atoms with van der Waals surface area (Å²) >= 11 is 0. The van der Waals surface area contributed by atoms with Crippen LogP contribution in [0.4, 0.5) is 20.2 Å². The average molecular weight is 278 g/mol. The van der Waals surface area contributed by atoms with Crippen LogP contribution in [0.15, 0.2) is 36.4 Å². The molecule has 0 aliphatic carbocycles. The summed E-state index contributed by atoms with van der Waals surface area (Å²) in [4.78, 5) is 12.0. The van der Waals surface area contributed by atoms with Crippen LogP contribution < -0.4 is 15.8 Å². The molecule has 20 heavy (non-hydrogen) atoms. The number of benzene rings is 2. The van der Waals surface area contributed by atoms with Crippen molar-refractivity contribution in [1.29, 1.82) is 0 Å². The fraction of sp³-hybridized carbons (Fsp3) is 0.0714. The molecule has 2 aromatic carbocycles. The van der Waals surface area contributed by atoms with Gasteiger partial charge in [0, 0.05) is 5.56 Å². The molecule has 0 spiro atoms. The SMILES string of the molecule is COc1cc(C(=O)Nc2ccc(F)cc2N)ccc1F. The molecule has 0 aliphatic rings. The van der Waals surface area contributed by atoms with E-state index in [2.05, 4.69) is 5.32 Å². The Morgan fingerprint density at radius 1 is 1.20 bits per heavy atom. The molecular formula is C14H12F2N2O2. The first-order valence-electron chi connectivity index (χ1n) is 5.71. The summed E-state index contributed by atoms with van der Waals surface area (Å²) in [6.45, 7) is 0. The minimum atomic E-state index is -0.564. The topological polar surface area (TPSA) is 64.3 Å². The molecule has 2 rings (SSSR count). The first kappa shape index (κ1) is 13.8. The van der Waals surface area contributed by atoms with Crippen LogP contribution in [0.1, 0.15) is 10.4 Å². The predicted octanol–water partition coefficient (Wildman–Crippen LogP) is 2.81. The third kappa shape index (κ3) is 2.85. The number of hydrogen-bond acceptors (Lipinski definition) is 3. The maximum absolute atomic E-state index is 13.3. The van der Waals surface area contributed by atoms with Gasteiger partial charge in [-0.15, -0.1) is 0 Å². The maximum Gasteiger partial charge on any atom is 0.255 e. The van der Waals surface area contributed by atoms with Crippen molar-refractivity contribution in [3.63, 3.8) is 0 Å². The Morgan fingerprint density at radius 3 is 2.60 bits per heavy atom. The summed E-state index contributed by atoms with van der Waals surface area (Å²) < 4.78 is 30.9. The predicted molar refractivity (Wildman–Crippen MR) is 71.7 cm³/mol. The minimum absolute atomic E-state index is 0.0373. The molecule has 104 valence electrons. The minimum Gasteiger partial charge on any atom is -0.494 e. The number of methoxy groups -OCH3 is 1. The smallest absolute Gasteiger partial charge is 0.255 e. The zero-order valence-electron chi connectivity index (χ0n) is 10.6. The van der Waals surface area contributed by atoms with E-state index >= 15 is 0 Å². The van der Waals surface area contributed by atoms with Gasteiger partial charge in [-0.1, -0.05) is 0 Å². The summed E-state index contributed by atoms with van der Waals surface area (Å²) in [6.07, 6.45) is 0. The van der Waals surface area contributed by atoms with Crippen molar-refractivity contribution in [2.45, 2.75) is 0 Å². The second-order valence-corrected chi connectivity index (χ2v) is 4.04. The van der Waals surface area contributed by atoms with E-state index in [1.54, 1.807) is 0 Å². The number of ether oxygens (including phenoxy) is 1. The number of amides is 1. The highest BCUT2D eigenvalue weighted by Gasteiger charge is 2.11. The number of carbonyl (C=O) groups is 1. The van der Waals surface area contributed by atoms with Gasteiger partial charge in [0.25, 0.3) is 5.91 Å². The molecule has 0 heterocycles. The molecule has 4 nitrogen and oxygen atoms in total. The van der Waals surface area contributed by atoms with Gasteiger partial charge in [0.05, 0.1) is 18.5 Å². The van der Waals surface area contributed by atoms with Crippen molar-refractivity contribution < 1.29 is 18.3 Å². The molecule has 6 heteroatoms. The van der Waals surface area contributed by atoms with Crippen molar-refractivity contribution in [3.05, 3.63) is 53.6 Å². The summed E-state index contributed by atoms with van der Waals surface area (Å²) in [5, 5.41) is 2.52. The molecule has 0 saturated carbocycles. The second-order valence-electron chi connectivity index (χ2n) is 4.04. The van der Waals surface area contributed by atoms with Crippen molar-refractivity contribution in [2.75, 3.05) is 18.2 Å². The molecule has 3 N–H and O–H groups in total. The number of hydrogen-bond donors (Lipinski definition) is 2. The van der Waals surface area contributed by atoms with E-state index in [-0.39, 0.29) is 22.7 Å². The van der Waals surface area contributed by atoms with Crippen molar-refractivity contribution in [2.24, 2.45) is 0 Å². The van der Waals surface area contributed by atoms with Gasteiger partial charge < -0.3 is 15.8 Å².